The van der Waals surface area contributed by atoms with Gasteiger partial charge in [-0.3, -0.25) is 0 Å². The molecule has 0 bridgehead atoms. The van der Waals surface area contributed by atoms with Crippen LogP contribution in [-0.2, 0) is 0 Å². The molecule has 2 heteroatoms. The van der Waals surface area contributed by atoms with Crippen LogP contribution in [0.1, 0.15) is 66.2 Å². The van der Waals surface area contributed by atoms with Gasteiger partial charge in [-0.15, -0.1) is 0 Å². The quantitative estimate of drug-likeness (QED) is 0.751. The molecule has 0 aliphatic heterocycles. The van der Waals surface area contributed by atoms with Gasteiger partial charge >= 0.3 is 0 Å². The largest absolute Gasteiger partial charge is 0.327 e. The van der Waals surface area contributed by atoms with Gasteiger partial charge in [0.05, 0.1) is 0 Å². The molecule has 18 heavy (non-hydrogen) atoms. The Bertz CT molecular complexity index is 215. The zero-order valence-corrected chi connectivity index (χ0v) is 13.0. The summed E-state index contributed by atoms with van der Waals surface area (Å²) in [5.41, 5.74) is 6.36. The molecule has 0 spiro atoms. The standard InChI is InChI=1S/C16H34N2/c1-5-7-14-8-9-16(17)15(11-14)12-18(10-6-2)13(3)4/h13-16H,5-12,17H2,1-4H3. The first-order chi connectivity index (χ1) is 8.58. The van der Waals surface area contributed by atoms with Gasteiger partial charge in [0.15, 0.2) is 0 Å². The Labute approximate surface area is 114 Å². The number of nitrogens with zero attached hydrogens (tertiary/aromatic N) is 1. The van der Waals surface area contributed by atoms with Crippen molar-refractivity contribution in [1.29, 1.82) is 0 Å². The van der Waals surface area contributed by atoms with Crippen molar-refractivity contribution in [3.8, 4) is 0 Å². The molecule has 3 unspecified atom stereocenters. The maximum absolute atomic E-state index is 6.36. The maximum atomic E-state index is 6.36. The molecular formula is C16H34N2. The summed E-state index contributed by atoms with van der Waals surface area (Å²) in [7, 11) is 0. The second-order valence-electron chi connectivity index (χ2n) is 6.48. The minimum absolute atomic E-state index is 0.441. The molecule has 0 aromatic rings. The Hall–Kier alpha value is -0.0800. The van der Waals surface area contributed by atoms with Gasteiger partial charge in [-0.05, 0) is 57.9 Å². The van der Waals surface area contributed by atoms with E-state index in [0.717, 1.165) is 11.8 Å². The second kappa shape index (κ2) is 8.16. The van der Waals surface area contributed by atoms with Crippen LogP contribution in [0.3, 0.4) is 0 Å². The first-order valence-electron chi connectivity index (χ1n) is 8.08. The number of nitrogens with two attached hydrogens (primary N) is 1. The molecule has 1 aliphatic carbocycles. The van der Waals surface area contributed by atoms with Gasteiger partial charge < -0.3 is 10.6 Å². The van der Waals surface area contributed by atoms with Gasteiger partial charge in [-0.2, -0.15) is 0 Å². The molecule has 3 atom stereocenters. The summed E-state index contributed by atoms with van der Waals surface area (Å²) in [4.78, 5) is 2.62. The van der Waals surface area contributed by atoms with E-state index in [-0.39, 0.29) is 0 Å². The molecule has 1 saturated carbocycles. The van der Waals surface area contributed by atoms with E-state index in [1.807, 2.05) is 0 Å². The van der Waals surface area contributed by atoms with Gasteiger partial charge in [-0.25, -0.2) is 0 Å². The minimum atomic E-state index is 0.441. The number of hydrogen-bond donors (Lipinski definition) is 1. The molecule has 0 aromatic heterocycles. The predicted octanol–water partition coefficient (Wildman–Crippen LogP) is 3.65. The van der Waals surface area contributed by atoms with Crippen molar-refractivity contribution in [2.75, 3.05) is 13.1 Å². The highest BCUT2D eigenvalue weighted by Crippen LogP contribution is 2.32. The van der Waals surface area contributed by atoms with Gasteiger partial charge in [0.1, 0.15) is 0 Å². The summed E-state index contributed by atoms with van der Waals surface area (Å²) in [6, 6.07) is 1.10. The van der Waals surface area contributed by atoms with Crippen molar-refractivity contribution in [3.05, 3.63) is 0 Å². The average Bonchev–Trinajstić information content (AvgIpc) is 2.33. The SMILES string of the molecule is CCCC1CCC(N)C(CN(CCC)C(C)C)C1. The summed E-state index contributed by atoms with van der Waals surface area (Å²) < 4.78 is 0. The predicted molar refractivity (Wildman–Crippen MR) is 80.7 cm³/mol. The second-order valence-corrected chi connectivity index (χ2v) is 6.48. The molecule has 1 aliphatic rings. The summed E-state index contributed by atoms with van der Waals surface area (Å²) in [5.74, 6) is 1.67. The topological polar surface area (TPSA) is 29.3 Å². The Morgan fingerprint density at radius 3 is 2.44 bits per heavy atom. The van der Waals surface area contributed by atoms with Crippen LogP contribution in [0, 0.1) is 11.8 Å². The van der Waals surface area contributed by atoms with Crippen LogP contribution in [0.25, 0.3) is 0 Å². The summed E-state index contributed by atoms with van der Waals surface area (Å²) >= 11 is 0. The highest BCUT2D eigenvalue weighted by atomic mass is 15.1. The first-order valence-corrected chi connectivity index (χ1v) is 8.08. The summed E-state index contributed by atoms with van der Waals surface area (Å²) in [6.07, 6.45) is 7.95. The van der Waals surface area contributed by atoms with Gasteiger partial charge in [0.2, 0.25) is 0 Å². The number of hydrogen-bond acceptors (Lipinski definition) is 2. The van der Waals surface area contributed by atoms with E-state index in [1.165, 1.54) is 51.6 Å². The maximum Gasteiger partial charge on any atom is 0.00795 e. The lowest BCUT2D eigenvalue weighted by Gasteiger charge is -2.38. The van der Waals surface area contributed by atoms with E-state index in [0.29, 0.717) is 12.1 Å². The number of rotatable bonds is 7. The Balaban J connectivity index is 2.50. The van der Waals surface area contributed by atoms with Gasteiger partial charge in [0, 0.05) is 18.6 Å². The van der Waals surface area contributed by atoms with Crippen molar-refractivity contribution in [3.63, 3.8) is 0 Å². The monoisotopic (exact) mass is 254 g/mol. The van der Waals surface area contributed by atoms with E-state index < -0.39 is 0 Å². The first kappa shape index (κ1) is 16.0. The molecule has 108 valence electrons. The van der Waals surface area contributed by atoms with Crippen LogP contribution in [0.2, 0.25) is 0 Å². The van der Waals surface area contributed by atoms with Crippen molar-refractivity contribution >= 4 is 0 Å². The van der Waals surface area contributed by atoms with Crippen LogP contribution >= 0.6 is 0 Å². The Morgan fingerprint density at radius 1 is 1.17 bits per heavy atom. The lowest BCUT2D eigenvalue weighted by molar-refractivity contribution is 0.130. The zero-order valence-electron chi connectivity index (χ0n) is 13.0. The Kier molecular flexibility index (Phi) is 7.25. The smallest absolute Gasteiger partial charge is 0.00795 e. The van der Waals surface area contributed by atoms with E-state index in [1.54, 1.807) is 0 Å². The molecular weight excluding hydrogens is 220 g/mol. The van der Waals surface area contributed by atoms with E-state index in [9.17, 15) is 0 Å². The van der Waals surface area contributed by atoms with Crippen LogP contribution < -0.4 is 5.73 Å². The molecule has 0 aromatic carbocycles. The highest BCUT2D eigenvalue weighted by molar-refractivity contribution is 4.85. The van der Waals surface area contributed by atoms with E-state index in [2.05, 4.69) is 32.6 Å². The third-order valence-electron chi connectivity index (χ3n) is 4.56. The average molecular weight is 254 g/mol. The fraction of sp³-hybridized carbons (Fsp3) is 1.00. The fourth-order valence-corrected chi connectivity index (χ4v) is 3.41. The summed E-state index contributed by atoms with van der Waals surface area (Å²) in [5, 5.41) is 0. The normalized spacial score (nSPS) is 29.2. The van der Waals surface area contributed by atoms with E-state index in [4.69, 9.17) is 5.73 Å². The van der Waals surface area contributed by atoms with Crippen molar-refractivity contribution in [2.45, 2.75) is 78.3 Å². The van der Waals surface area contributed by atoms with Crippen LogP contribution in [0.15, 0.2) is 0 Å². The van der Waals surface area contributed by atoms with Crippen LogP contribution in [0.5, 0.6) is 0 Å². The van der Waals surface area contributed by atoms with Crippen molar-refractivity contribution in [2.24, 2.45) is 17.6 Å². The zero-order chi connectivity index (χ0) is 13.5. The third kappa shape index (κ3) is 4.89. The molecule has 1 fully saturated rings. The molecule has 0 heterocycles. The van der Waals surface area contributed by atoms with Crippen molar-refractivity contribution < 1.29 is 0 Å². The lowest BCUT2D eigenvalue weighted by atomic mass is 9.76. The fourth-order valence-electron chi connectivity index (χ4n) is 3.41. The van der Waals surface area contributed by atoms with Crippen LogP contribution in [0.4, 0.5) is 0 Å². The highest BCUT2D eigenvalue weighted by Gasteiger charge is 2.29. The lowest BCUT2D eigenvalue weighted by Crippen LogP contribution is -2.45. The molecule has 2 nitrogen and oxygen atoms in total. The van der Waals surface area contributed by atoms with Gasteiger partial charge in [0.25, 0.3) is 0 Å². The molecule has 0 amide bonds. The van der Waals surface area contributed by atoms with Gasteiger partial charge in [-0.1, -0.05) is 26.7 Å². The van der Waals surface area contributed by atoms with E-state index >= 15 is 0 Å². The van der Waals surface area contributed by atoms with Crippen molar-refractivity contribution in [1.82, 2.24) is 4.90 Å². The molecule has 0 radical (unpaired) electrons. The summed E-state index contributed by atoms with van der Waals surface area (Å²) in [6.45, 7) is 11.6. The molecule has 2 N–H and O–H groups in total. The minimum Gasteiger partial charge on any atom is -0.327 e. The third-order valence-corrected chi connectivity index (χ3v) is 4.56. The molecule has 0 saturated heterocycles. The Morgan fingerprint density at radius 2 is 1.89 bits per heavy atom. The molecule has 1 rings (SSSR count). The van der Waals surface area contributed by atoms with Crippen LogP contribution in [-0.4, -0.2) is 30.1 Å².